The van der Waals surface area contributed by atoms with E-state index in [0.717, 1.165) is 29.0 Å². The number of hydrogen-bond acceptors (Lipinski definition) is 4. The summed E-state index contributed by atoms with van der Waals surface area (Å²) in [5.74, 6) is 0. The van der Waals surface area contributed by atoms with Gasteiger partial charge in [0.15, 0.2) is 0 Å². The lowest BCUT2D eigenvalue weighted by molar-refractivity contribution is 0.635. The van der Waals surface area contributed by atoms with Crippen molar-refractivity contribution in [2.75, 3.05) is 24.2 Å². The zero-order chi connectivity index (χ0) is 14.7. The maximum atomic E-state index is 12.1. The molecule has 0 aliphatic heterocycles. The lowest BCUT2D eigenvalue weighted by atomic mass is 10.1. The van der Waals surface area contributed by atoms with E-state index in [9.17, 15) is 4.79 Å². The first-order valence-corrected chi connectivity index (χ1v) is 6.65. The Morgan fingerprint density at radius 3 is 2.80 bits per heavy atom. The summed E-state index contributed by atoms with van der Waals surface area (Å²) in [6, 6.07) is 7.32. The maximum Gasteiger partial charge on any atom is 0.269 e. The Hall–Kier alpha value is -2.30. The molecule has 2 aromatic rings. The Morgan fingerprint density at radius 1 is 1.40 bits per heavy atom. The Labute approximate surface area is 118 Å². The predicted octanol–water partition coefficient (Wildman–Crippen LogP) is 1.64. The molecule has 0 aliphatic carbocycles. The molecule has 0 fully saturated rings. The minimum absolute atomic E-state index is 0.107. The highest BCUT2D eigenvalue weighted by Gasteiger charge is 2.06. The molecule has 2 N–H and O–H groups in total. The van der Waals surface area contributed by atoms with Gasteiger partial charge in [-0.1, -0.05) is 12.1 Å². The van der Waals surface area contributed by atoms with Gasteiger partial charge in [0, 0.05) is 25.3 Å². The lowest BCUT2D eigenvalue weighted by Gasteiger charge is -2.16. The first-order valence-electron chi connectivity index (χ1n) is 6.65. The Morgan fingerprint density at radius 2 is 2.15 bits per heavy atom. The molecule has 5 heteroatoms. The van der Waals surface area contributed by atoms with Gasteiger partial charge in [-0.3, -0.25) is 4.79 Å². The molecule has 0 bridgehead atoms. The van der Waals surface area contributed by atoms with Gasteiger partial charge in [0.1, 0.15) is 0 Å². The molecule has 20 heavy (non-hydrogen) atoms. The fraction of sp³-hybridized carbons (Fsp3) is 0.333. The highest BCUT2D eigenvalue weighted by molar-refractivity contribution is 5.50. The smallest absolute Gasteiger partial charge is 0.269 e. The molecule has 1 aromatic carbocycles. The van der Waals surface area contributed by atoms with Crippen LogP contribution in [0.15, 0.2) is 35.3 Å². The standard InChI is InChI=1S/C15H20N4O/c1-4-18(3)13-8-15(20)19(17-9-13)10-12-6-5-7-14(16)11(12)2/h5-9H,4,10,16H2,1-3H3. The molecular weight excluding hydrogens is 252 g/mol. The predicted molar refractivity (Wildman–Crippen MR) is 82.1 cm³/mol. The molecule has 0 atom stereocenters. The Kier molecular flexibility index (Phi) is 4.08. The largest absolute Gasteiger partial charge is 0.399 e. The van der Waals surface area contributed by atoms with Crippen molar-refractivity contribution in [2.24, 2.45) is 0 Å². The zero-order valence-electron chi connectivity index (χ0n) is 12.1. The number of anilines is 2. The third-order valence-corrected chi connectivity index (χ3v) is 3.58. The highest BCUT2D eigenvalue weighted by atomic mass is 16.1. The van der Waals surface area contributed by atoms with Crippen LogP contribution in [-0.4, -0.2) is 23.4 Å². The van der Waals surface area contributed by atoms with Crippen LogP contribution in [-0.2, 0) is 6.54 Å². The summed E-state index contributed by atoms with van der Waals surface area (Å²) >= 11 is 0. The van der Waals surface area contributed by atoms with E-state index >= 15 is 0 Å². The van der Waals surface area contributed by atoms with Crippen LogP contribution in [0.2, 0.25) is 0 Å². The number of nitrogens with two attached hydrogens (primary N) is 1. The quantitative estimate of drug-likeness (QED) is 0.859. The molecule has 0 spiro atoms. The number of hydrogen-bond donors (Lipinski definition) is 1. The third-order valence-electron chi connectivity index (χ3n) is 3.58. The minimum Gasteiger partial charge on any atom is -0.399 e. The molecule has 0 radical (unpaired) electrons. The van der Waals surface area contributed by atoms with E-state index < -0.39 is 0 Å². The van der Waals surface area contributed by atoms with E-state index in [-0.39, 0.29) is 5.56 Å². The molecule has 1 aromatic heterocycles. The van der Waals surface area contributed by atoms with Crippen molar-refractivity contribution in [2.45, 2.75) is 20.4 Å². The second-order valence-corrected chi connectivity index (χ2v) is 4.86. The molecule has 0 saturated carbocycles. The van der Waals surface area contributed by atoms with E-state index in [2.05, 4.69) is 5.10 Å². The second-order valence-electron chi connectivity index (χ2n) is 4.86. The molecule has 0 saturated heterocycles. The SMILES string of the molecule is CCN(C)c1cnn(Cc2cccc(N)c2C)c(=O)c1. The van der Waals surface area contributed by atoms with Crippen LogP contribution in [0, 0.1) is 6.92 Å². The van der Waals surface area contributed by atoms with E-state index in [1.165, 1.54) is 4.68 Å². The van der Waals surface area contributed by atoms with Gasteiger partial charge >= 0.3 is 0 Å². The van der Waals surface area contributed by atoms with Gasteiger partial charge in [0.25, 0.3) is 5.56 Å². The van der Waals surface area contributed by atoms with E-state index in [1.807, 2.05) is 44.0 Å². The topological polar surface area (TPSA) is 64.2 Å². The summed E-state index contributed by atoms with van der Waals surface area (Å²) in [5.41, 5.74) is 9.35. The van der Waals surface area contributed by atoms with Crippen LogP contribution in [0.5, 0.6) is 0 Å². The van der Waals surface area contributed by atoms with Gasteiger partial charge in [-0.15, -0.1) is 0 Å². The zero-order valence-corrected chi connectivity index (χ0v) is 12.1. The molecule has 5 nitrogen and oxygen atoms in total. The van der Waals surface area contributed by atoms with Crippen LogP contribution in [0.4, 0.5) is 11.4 Å². The lowest BCUT2D eigenvalue weighted by Crippen LogP contribution is -2.26. The van der Waals surface area contributed by atoms with Gasteiger partial charge in [0.2, 0.25) is 0 Å². The average molecular weight is 272 g/mol. The van der Waals surface area contributed by atoms with Crippen molar-refractivity contribution in [1.29, 1.82) is 0 Å². The summed E-state index contributed by atoms with van der Waals surface area (Å²) in [6.45, 7) is 5.25. The number of nitrogen functional groups attached to an aromatic ring is 1. The van der Waals surface area contributed by atoms with Crippen molar-refractivity contribution in [1.82, 2.24) is 9.78 Å². The van der Waals surface area contributed by atoms with Gasteiger partial charge in [0.05, 0.1) is 18.4 Å². The number of aromatic nitrogens is 2. The monoisotopic (exact) mass is 272 g/mol. The van der Waals surface area contributed by atoms with Crippen LogP contribution < -0.4 is 16.2 Å². The van der Waals surface area contributed by atoms with Crippen LogP contribution in [0.3, 0.4) is 0 Å². The van der Waals surface area contributed by atoms with E-state index in [0.29, 0.717) is 6.54 Å². The summed E-state index contributed by atoms with van der Waals surface area (Å²) in [4.78, 5) is 14.1. The summed E-state index contributed by atoms with van der Waals surface area (Å²) < 4.78 is 1.45. The summed E-state index contributed by atoms with van der Waals surface area (Å²) in [6.07, 6.45) is 1.71. The highest BCUT2D eigenvalue weighted by Crippen LogP contribution is 2.16. The van der Waals surface area contributed by atoms with Gasteiger partial charge < -0.3 is 10.6 Å². The number of rotatable bonds is 4. The maximum absolute atomic E-state index is 12.1. The average Bonchev–Trinajstić information content (AvgIpc) is 2.45. The van der Waals surface area contributed by atoms with Crippen molar-refractivity contribution in [3.05, 3.63) is 51.9 Å². The molecule has 106 valence electrons. The van der Waals surface area contributed by atoms with Crippen LogP contribution >= 0.6 is 0 Å². The fourth-order valence-corrected chi connectivity index (χ4v) is 1.97. The summed E-state index contributed by atoms with van der Waals surface area (Å²) in [7, 11) is 1.93. The van der Waals surface area contributed by atoms with Crippen molar-refractivity contribution in [3.63, 3.8) is 0 Å². The van der Waals surface area contributed by atoms with Crippen molar-refractivity contribution < 1.29 is 0 Å². The number of nitrogens with zero attached hydrogens (tertiary/aromatic N) is 3. The number of benzene rings is 1. The third kappa shape index (κ3) is 2.82. The normalized spacial score (nSPS) is 10.6. The molecular formula is C15H20N4O. The minimum atomic E-state index is -0.107. The molecule has 0 amide bonds. The molecule has 2 rings (SSSR count). The first-order chi connectivity index (χ1) is 9.52. The van der Waals surface area contributed by atoms with Crippen LogP contribution in [0.1, 0.15) is 18.1 Å². The van der Waals surface area contributed by atoms with E-state index in [1.54, 1.807) is 12.3 Å². The van der Waals surface area contributed by atoms with E-state index in [4.69, 9.17) is 5.73 Å². The molecule has 0 aliphatic rings. The molecule has 1 heterocycles. The van der Waals surface area contributed by atoms with Gasteiger partial charge in [-0.2, -0.15) is 5.10 Å². The first kappa shape index (κ1) is 14.1. The van der Waals surface area contributed by atoms with Gasteiger partial charge in [-0.05, 0) is 31.0 Å². The van der Waals surface area contributed by atoms with Crippen molar-refractivity contribution in [3.8, 4) is 0 Å². The second kappa shape index (κ2) is 5.77. The summed E-state index contributed by atoms with van der Waals surface area (Å²) in [5, 5.41) is 4.23. The van der Waals surface area contributed by atoms with Crippen molar-refractivity contribution >= 4 is 11.4 Å². The van der Waals surface area contributed by atoms with Crippen LogP contribution in [0.25, 0.3) is 0 Å². The fourth-order valence-electron chi connectivity index (χ4n) is 1.97. The Balaban J connectivity index is 2.31. The van der Waals surface area contributed by atoms with Gasteiger partial charge in [-0.25, -0.2) is 4.68 Å². The molecule has 0 unspecified atom stereocenters. The Bertz CT molecular complexity index is 663.